The van der Waals surface area contributed by atoms with Crippen LogP contribution >= 0.6 is 22.7 Å². The molecular weight excluding hydrogens is 304 g/mol. The monoisotopic (exact) mass is 322 g/mol. The van der Waals surface area contributed by atoms with Gasteiger partial charge in [-0.1, -0.05) is 0 Å². The molecule has 3 rings (SSSR count). The lowest BCUT2D eigenvalue weighted by atomic mass is 9.97. The lowest BCUT2D eigenvalue weighted by molar-refractivity contribution is 0.0717. The summed E-state index contributed by atoms with van der Waals surface area (Å²) < 4.78 is 0. The van der Waals surface area contributed by atoms with E-state index in [1.807, 2.05) is 25.7 Å². The van der Waals surface area contributed by atoms with Crippen molar-refractivity contribution in [2.45, 2.75) is 39.5 Å². The number of likely N-dealkylation sites (tertiary alicyclic amines) is 1. The lowest BCUT2D eigenvalue weighted by Gasteiger charge is -2.30. The summed E-state index contributed by atoms with van der Waals surface area (Å²) in [6.45, 7) is 7.41. The van der Waals surface area contributed by atoms with E-state index in [0.29, 0.717) is 5.92 Å². The first-order chi connectivity index (χ1) is 10.0. The summed E-state index contributed by atoms with van der Waals surface area (Å²) in [5.74, 6) is 0.578. The van der Waals surface area contributed by atoms with E-state index in [1.165, 1.54) is 11.3 Å². The number of piperidine rings is 1. The number of amides is 1. The second-order valence-corrected chi connectivity index (χ2v) is 7.79. The van der Waals surface area contributed by atoms with Crippen molar-refractivity contribution in [3.63, 3.8) is 0 Å². The largest absolute Gasteiger partial charge is 0.338 e. The summed E-state index contributed by atoms with van der Waals surface area (Å²) in [6, 6.07) is 0. The normalized spacial score (nSPS) is 16.4. The molecule has 1 aliphatic heterocycles. The van der Waals surface area contributed by atoms with Gasteiger partial charge in [-0.3, -0.25) is 4.79 Å². The highest BCUT2D eigenvalue weighted by atomic mass is 32.1. The number of carbonyl (C=O) groups excluding carboxylic acids is 1. The topological polar surface area (TPSA) is 59.0 Å². The number of thiazole rings is 1. The molecule has 2 aromatic rings. The molecule has 0 spiro atoms. The minimum absolute atomic E-state index is 0.130. The summed E-state index contributed by atoms with van der Waals surface area (Å²) in [5, 5.41) is 11.4. The third-order valence-corrected chi connectivity index (χ3v) is 5.83. The van der Waals surface area contributed by atoms with Gasteiger partial charge < -0.3 is 4.90 Å². The number of aromatic nitrogens is 3. The van der Waals surface area contributed by atoms with Crippen LogP contribution < -0.4 is 0 Å². The van der Waals surface area contributed by atoms with Crippen LogP contribution in [0.25, 0.3) is 0 Å². The van der Waals surface area contributed by atoms with E-state index in [4.69, 9.17) is 0 Å². The van der Waals surface area contributed by atoms with Crippen LogP contribution in [0.5, 0.6) is 0 Å². The van der Waals surface area contributed by atoms with Crippen LogP contribution in [0, 0.1) is 20.8 Å². The molecule has 0 bridgehead atoms. The standard InChI is InChI=1S/C14H18N4OS2/c1-8-12(20-9(2)15-8)14(19)18-6-4-11(5-7-18)13-17-16-10(3)21-13/h11H,4-7H2,1-3H3. The van der Waals surface area contributed by atoms with Crippen molar-refractivity contribution in [3.8, 4) is 0 Å². The molecule has 0 atom stereocenters. The quantitative estimate of drug-likeness (QED) is 0.853. The lowest BCUT2D eigenvalue weighted by Crippen LogP contribution is -2.37. The van der Waals surface area contributed by atoms with E-state index < -0.39 is 0 Å². The molecule has 0 aromatic carbocycles. The number of rotatable bonds is 2. The Morgan fingerprint density at radius 3 is 2.33 bits per heavy atom. The zero-order chi connectivity index (χ0) is 15.0. The average Bonchev–Trinajstić information content (AvgIpc) is 3.04. The van der Waals surface area contributed by atoms with Gasteiger partial charge in [0.05, 0.1) is 10.7 Å². The fourth-order valence-corrected chi connectivity index (χ4v) is 4.44. The van der Waals surface area contributed by atoms with E-state index in [1.54, 1.807) is 11.3 Å². The number of carbonyl (C=O) groups is 1. The zero-order valence-electron chi connectivity index (χ0n) is 12.4. The molecule has 112 valence electrons. The van der Waals surface area contributed by atoms with Gasteiger partial charge in [-0.05, 0) is 33.6 Å². The highest BCUT2D eigenvalue weighted by Gasteiger charge is 2.28. The summed E-state index contributed by atoms with van der Waals surface area (Å²) in [7, 11) is 0. The first-order valence-electron chi connectivity index (χ1n) is 7.08. The van der Waals surface area contributed by atoms with Gasteiger partial charge in [-0.2, -0.15) is 0 Å². The Balaban J connectivity index is 1.65. The van der Waals surface area contributed by atoms with Gasteiger partial charge >= 0.3 is 0 Å². The molecule has 21 heavy (non-hydrogen) atoms. The number of aryl methyl sites for hydroxylation is 3. The Morgan fingerprint density at radius 2 is 1.81 bits per heavy atom. The van der Waals surface area contributed by atoms with Crippen LogP contribution in [-0.2, 0) is 0 Å². The number of hydrogen-bond donors (Lipinski definition) is 0. The molecule has 0 unspecified atom stereocenters. The molecule has 3 heterocycles. The average molecular weight is 322 g/mol. The van der Waals surface area contributed by atoms with E-state index in [-0.39, 0.29) is 5.91 Å². The summed E-state index contributed by atoms with van der Waals surface area (Å²) in [4.78, 5) is 19.6. The van der Waals surface area contributed by atoms with E-state index in [0.717, 1.165) is 51.5 Å². The summed E-state index contributed by atoms with van der Waals surface area (Å²) in [6.07, 6.45) is 1.94. The van der Waals surface area contributed by atoms with Crippen molar-refractivity contribution in [1.82, 2.24) is 20.1 Å². The van der Waals surface area contributed by atoms with Gasteiger partial charge in [-0.25, -0.2) is 4.98 Å². The summed E-state index contributed by atoms with van der Waals surface area (Å²) in [5.41, 5.74) is 0.851. The smallest absolute Gasteiger partial charge is 0.265 e. The molecule has 0 radical (unpaired) electrons. The molecule has 2 aromatic heterocycles. The molecule has 0 aliphatic carbocycles. The van der Waals surface area contributed by atoms with Crippen LogP contribution in [0.4, 0.5) is 0 Å². The molecule has 1 amide bonds. The van der Waals surface area contributed by atoms with Gasteiger partial charge in [-0.15, -0.1) is 32.9 Å². The van der Waals surface area contributed by atoms with Crippen molar-refractivity contribution in [2.24, 2.45) is 0 Å². The molecule has 1 aliphatic rings. The SMILES string of the molecule is Cc1nnc(C2CCN(C(=O)c3sc(C)nc3C)CC2)s1. The first-order valence-corrected chi connectivity index (χ1v) is 8.71. The maximum atomic E-state index is 12.6. The fraction of sp³-hybridized carbons (Fsp3) is 0.571. The third-order valence-electron chi connectivity index (χ3n) is 3.77. The zero-order valence-corrected chi connectivity index (χ0v) is 14.1. The van der Waals surface area contributed by atoms with Gasteiger partial charge in [0, 0.05) is 19.0 Å². The highest BCUT2D eigenvalue weighted by molar-refractivity contribution is 7.13. The summed E-state index contributed by atoms with van der Waals surface area (Å²) >= 11 is 3.17. The fourth-order valence-electron chi connectivity index (χ4n) is 2.68. The predicted molar refractivity (Wildman–Crippen MR) is 84.1 cm³/mol. The minimum atomic E-state index is 0.130. The van der Waals surface area contributed by atoms with Gasteiger partial charge in [0.1, 0.15) is 14.9 Å². The van der Waals surface area contributed by atoms with Crippen molar-refractivity contribution >= 4 is 28.6 Å². The van der Waals surface area contributed by atoms with Gasteiger partial charge in [0.2, 0.25) is 0 Å². The molecule has 7 heteroatoms. The van der Waals surface area contributed by atoms with Crippen molar-refractivity contribution in [1.29, 1.82) is 0 Å². The number of hydrogen-bond acceptors (Lipinski definition) is 6. The second kappa shape index (κ2) is 5.81. The predicted octanol–water partition coefficient (Wildman–Crippen LogP) is 2.94. The van der Waals surface area contributed by atoms with Crippen molar-refractivity contribution < 1.29 is 4.79 Å². The third kappa shape index (κ3) is 2.98. The maximum absolute atomic E-state index is 12.6. The minimum Gasteiger partial charge on any atom is -0.338 e. The number of nitrogens with zero attached hydrogens (tertiary/aromatic N) is 4. The van der Waals surface area contributed by atoms with Crippen LogP contribution in [0.1, 0.15) is 49.1 Å². The molecule has 1 saturated heterocycles. The molecule has 1 fully saturated rings. The molecule has 0 saturated carbocycles. The Bertz CT molecular complexity index is 656. The highest BCUT2D eigenvalue weighted by Crippen LogP contribution is 2.31. The van der Waals surface area contributed by atoms with E-state index in [9.17, 15) is 4.79 Å². The maximum Gasteiger partial charge on any atom is 0.265 e. The van der Waals surface area contributed by atoms with E-state index >= 15 is 0 Å². The van der Waals surface area contributed by atoms with Crippen molar-refractivity contribution in [2.75, 3.05) is 13.1 Å². The Hall–Kier alpha value is -1.34. The molecule has 0 N–H and O–H groups in total. The van der Waals surface area contributed by atoms with Crippen LogP contribution in [0.2, 0.25) is 0 Å². The molecule has 5 nitrogen and oxygen atoms in total. The Kier molecular flexibility index (Phi) is 4.03. The second-order valence-electron chi connectivity index (χ2n) is 5.37. The molecular formula is C14H18N4OS2. The van der Waals surface area contributed by atoms with Crippen LogP contribution in [-0.4, -0.2) is 39.1 Å². The van der Waals surface area contributed by atoms with Gasteiger partial charge in [0.25, 0.3) is 5.91 Å². The Morgan fingerprint density at radius 1 is 1.10 bits per heavy atom. The van der Waals surface area contributed by atoms with E-state index in [2.05, 4.69) is 15.2 Å². The Labute approximate surface area is 132 Å². The van der Waals surface area contributed by atoms with Crippen molar-refractivity contribution in [3.05, 3.63) is 25.6 Å². The van der Waals surface area contributed by atoms with Crippen LogP contribution in [0.15, 0.2) is 0 Å². The van der Waals surface area contributed by atoms with Gasteiger partial charge in [0.15, 0.2) is 0 Å². The van der Waals surface area contributed by atoms with Crippen LogP contribution in [0.3, 0.4) is 0 Å². The first kappa shape index (κ1) is 14.6.